The third-order valence-electron chi connectivity index (χ3n) is 3.37. The van der Waals surface area contributed by atoms with Crippen molar-refractivity contribution in [3.63, 3.8) is 0 Å². The summed E-state index contributed by atoms with van der Waals surface area (Å²) < 4.78 is 1.52. The Morgan fingerprint density at radius 3 is 2.46 bits per heavy atom. The van der Waals surface area contributed by atoms with E-state index in [2.05, 4.69) is 16.0 Å². The van der Waals surface area contributed by atoms with Crippen molar-refractivity contribution in [2.24, 2.45) is 0 Å². The zero-order valence-corrected chi connectivity index (χ0v) is 13.5. The van der Waals surface area contributed by atoms with Gasteiger partial charge in [-0.05, 0) is 39.0 Å². The second kappa shape index (κ2) is 6.90. The lowest BCUT2D eigenvalue weighted by Crippen LogP contribution is -2.43. The molecule has 0 aliphatic heterocycles. The number of aryl methyl sites for hydroxylation is 3. The molecule has 0 aliphatic carbocycles. The molecule has 0 saturated heterocycles. The van der Waals surface area contributed by atoms with E-state index in [-0.39, 0.29) is 17.8 Å². The highest BCUT2D eigenvalue weighted by Crippen LogP contribution is 2.18. The normalized spacial score (nSPS) is 10.3. The van der Waals surface area contributed by atoms with Crippen LogP contribution in [0.1, 0.15) is 27.3 Å². The van der Waals surface area contributed by atoms with Crippen LogP contribution in [0, 0.1) is 30.9 Å². The maximum atomic E-state index is 12.0. The van der Waals surface area contributed by atoms with E-state index in [9.17, 15) is 19.7 Å². The fourth-order valence-electron chi connectivity index (χ4n) is 2.21. The van der Waals surface area contributed by atoms with E-state index in [0.29, 0.717) is 5.56 Å². The van der Waals surface area contributed by atoms with Gasteiger partial charge < -0.3 is 0 Å². The number of nitrogens with zero attached hydrogens (tertiary/aromatic N) is 3. The number of hydrazine groups is 1. The van der Waals surface area contributed by atoms with Gasteiger partial charge in [-0.2, -0.15) is 5.10 Å². The number of benzene rings is 1. The average Bonchev–Trinajstić information content (AvgIpc) is 2.81. The van der Waals surface area contributed by atoms with E-state index < -0.39 is 16.7 Å². The van der Waals surface area contributed by atoms with Gasteiger partial charge in [0, 0.05) is 22.9 Å². The van der Waals surface area contributed by atoms with E-state index in [1.165, 1.54) is 29.8 Å². The van der Waals surface area contributed by atoms with Crippen molar-refractivity contribution in [3.8, 4) is 0 Å². The molecule has 0 spiro atoms. The first-order chi connectivity index (χ1) is 11.3. The van der Waals surface area contributed by atoms with Gasteiger partial charge in [0.05, 0.1) is 10.6 Å². The summed E-state index contributed by atoms with van der Waals surface area (Å²) in [5, 5.41) is 14.9. The molecule has 126 valence electrons. The monoisotopic (exact) mass is 331 g/mol. The Kier molecular flexibility index (Phi) is 4.93. The number of rotatable bonds is 4. The zero-order valence-electron chi connectivity index (χ0n) is 13.5. The Bertz CT molecular complexity index is 812. The van der Waals surface area contributed by atoms with Crippen molar-refractivity contribution in [1.29, 1.82) is 0 Å². The molecule has 2 amide bonds. The Morgan fingerprint density at radius 1 is 1.21 bits per heavy atom. The molecule has 0 radical (unpaired) electrons. The summed E-state index contributed by atoms with van der Waals surface area (Å²) in [6.45, 7) is 5.15. The molecule has 2 aromatic rings. The molecule has 24 heavy (non-hydrogen) atoms. The standard InChI is InChI=1S/C15H17N5O4/c1-9-6-12(4-5-13(9)20(23)24)15(22)17-16-14(21)8-19-11(3)7-10(2)18-19/h4-7H,8H2,1-3H3,(H,16,21)(H,17,22). The van der Waals surface area contributed by atoms with Crippen LogP contribution in [0.3, 0.4) is 0 Å². The number of nitro groups is 1. The van der Waals surface area contributed by atoms with Gasteiger partial charge in [0.25, 0.3) is 17.5 Å². The highest BCUT2D eigenvalue weighted by Gasteiger charge is 2.14. The van der Waals surface area contributed by atoms with Crippen molar-refractivity contribution < 1.29 is 14.5 Å². The summed E-state index contributed by atoms with van der Waals surface area (Å²) in [4.78, 5) is 34.1. The maximum absolute atomic E-state index is 12.0. The van der Waals surface area contributed by atoms with Crippen LogP contribution in [0.25, 0.3) is 0 Å². The average molecular weight is 331 g/mol. The fraction of sp³-hybridized carbons (Fsp3) is 0.267. The largest absolute Gasteiger partial charge is 0.272 e. The van der Waals surface area contributed by atoms with Crippen LogP contribution in [0.15, 0.2) is 24.3 Å². The summed E-state index contributed by atoms with van der Waals surface area (Å²) in [6, 6.07) is 5.81. The second-order valence-corrected chi connectivity index (χ2v) is 5.35. The Hall–Kier alpha value is -3.23. The van der Waals surface area contributed by atoms with Crippen molar-refractivity contribution in [2.75, 3.05) is 0 Å². The van der Waals surface area contributed by atoms with Gasteiger partial charge in [-0.15, -0.1) is 0 Å². The summed E-state index contributed by atoms with van der Waals surface area (Å²) in [5.41, 5.74) is 6.70. The van der Waals surface area contributed by atoms with Crippen molar-refractivity contribution >= 4 is 17.5 Å². The smallest absolute Gasteiger partial charge is 0.271 e. The molecule has 1 aromatic carbocycles. The lowest BCUT2D eigenvalue weighted by Gasteiger charge is -2.09. The third-order valence-corrected chi connectivity index (χ3v) is 3.37. The first kappa shape index (κ1) is 17.1. The fourth-order valence-corrected chi connectivity index (χ4v) is 2.21. The van der Waals surface area contributed by atoms with Gasteiger partial charge in [0.2, 0.25) is 0 Å². The quantitative estimate of drug-likeness (QED) is 0.644. The van der Waals surface area contributed by atoms with Gasteiger partial charge in [0.15, 0.2) is 0 Å². The Morgan fingerprint density at radius 2 is 1.92 bits per heavy atom. The lowest BCUT2D eigenvalue weighted by molar-refractivity contribution is -0.385. The first-order valence-corrected chi connectivity index (χ1v) is 7.13. The van der Waals surface area contributed by atoms with Crippen molar-refractivity contribution in [1.82, 2.24) is 20.6 Å². The van der Waals surface area contributed by atoms with E-state index in [1.54, 1.807) is 0 Å². The lowest BCUT2D eigenvalue weighted by atomic mass is 10.1. The molecule has 2 N–H and O–H groups in total. The summed E-state index contributed by atoms with van der Waals surface area (Å²) in [7, 11) is 0. The molecular formula is C15H17N5O4. The molecule has 9 nitrogen and oxygen atoms in total. The third kappa shape index (κ3) is 3.94. The van der Waals surface area contributed by atoms with Crippen molar-refractivity contribution in [2.45, 2.75) is 27.3 Å². The second-order valence-electron chi connectivity index (χ2n) is 5.35. The van der Waals surface area contributed by atoms with Gasteiger partial charge in [-0.25, -0.2) is 0 Å². The number of amides is 2. The summed E-state index contributed by atoms with van der Waals surface area (Å²) in [5.74, 6) is -0.997. The molecule has 0 bridgehead atoms. The highest BCUT2D eigenvalue weighted by atomic mass is 16.6. The number of carbonyl (C=O) groups is 2. The molecular weight excluding hydrogens is 314 g/mol. The molecule has 0 aliphatic rings. The maximum Gasteiger partial charge on any atom is 0.272 e. The molecule has 2 rings (SSSR count). The minimum absolute atomic E-state index is 0.0285. The van der Waals surface area contributed by atoms with Crippen LogP contribution in [0.5, 0.6) is 0 Å². The van der Waals surface area contributed by atoms with Crippen LogP contribution in [-0.4, -0.2) is 26.5 Å². The predicted octanol–water partition coefficient (Wildman–Crippen LogP) is 1.18. The predicted molar refractivity (Wildman–Crippen MR) is 85.1 cm³/mol. The van der Waals surface area contributed by atoms with Gasteiger partial charge in [0.1, 0.15) is 6.54 Å². The van der Waals surface area contributed by atoms with Crippen LogP contribution >= 0.6 is 0 Å². The number of nitrogens with one attached hydrogen (secondary N) is 2. The molecule has 9 heteroatoms. The van der Waals surface area contributed by atoms with Crippen molar-refractivity contribution in [3.05, 3.63) is 56.9 Å². The molecule has 0 atom stereocenters. The van der Waals surface area contributed by atoms with E-state index in [1.807, 2.05) is 19.9 Å². The molecule has 1 heterocycles. The van der Waals surface area contributed by atoms with E-state index in [0.717, 1.165) is 11.4 Å². The zero-order chi connectivity index (χ0) is 17.9. The Labute approximate surface area is 137 Å². The molecule has 0 fully saturated rings. The molecule has 0 saturated carbocycles. The van der Waals surface area contributed by atoms with E-state index >= 15 is 0 Å². The van der Waals surface area contributed by atoms with Gasteiger partial charge in [-0.1, -0.05) is 0 Å². The van der Waals surface area contributed by atoms with Crippen LogP contribution in [-0.2, 0) is 11.3 Å². The summed E-state index contributed by atoms with van der Waals surface area (Å²) in [6.07, 6.45) is 0. The molecule has 1 aromatic heterocycles. The van der Waals surface area contributed by atoms with E-state index in [4.69, 9.17) is 0 Å². The number of aromatic nitrogens is 2. The van der Waals surface area contributed by atoms with Gasteiger partial charge in [-0.3, -0.25) is 35.2 Å². The van der Waals surface area contributed by atoms with Crippen LogP contribution in [0.2, 0.25) is 0 Å². The SMILES string of the molecule is Cc1cc(C)n(CC(=O)NNC(=O)c2ccc([N+](=O)[O-])c(C)c2)n1. The van der Waals surface area contributed by atoms with Crippen LogP contribution in [0.4, 0.5) is 5.69 Å². The number of nitro benzene ring substituents is 1. The van der Waals surface area contributed by atoms with Gasteiger partial charge >= 0.3 is 0 Å². The number of hydrogen-bond acceptors (Lipinski definition) is 5. The number of carbonyl (C=O) groups excluding carboxylic acids is 2. The summed E-state index contributed by atoms with van der Waals surface area (Å²) >= 11 is 0. The minimum atomic E-state index is -0.560. The number of hydrogen-bond donors (Lipinski definition) is 2. The topological polar surface area (TPSA) is 119 Å². The molecule has 0 unspecified atom stereocenters. The van der Waals surface area contributed by atoms with Crippen LogP contribution < -0.4 is 10.9 Å². The minimum Gasteiger partial charge on any atom is -0.271 e. The first-order valence-electron chi connectivity index (χ1n) is 7.13. The highest BCUT2D eigenvalue weighted by molar-refractivity contribution is 5.95. The Balaban J connectivity index is 1.95.